The summed E-state index contributed by atoms with van der Waals surface area (Å²) < 4.78 is 0. The van der Waals surface area contributed by atoms with Crippen LogP contribution in [0.1, 0.15) is 5.56 Å². The first-order valence-electron chi connectivity index (χ1n) is 12.6. The molecule has 0 amide bonds. The number of aromatic nitrogens is 8. The van der Waals surface area contributed by atoms with Crippen molar-refractivity contribution in [2.75, 3.05) is 0 Å². The molecule has 0 saturated heterocycles. The number of hydrogen-bond donors (Lipinski definition) is 2. The smallest absolute Gasteiger partial charge is 0.693 e. The van der Waals surface area contributed by atoms with Crippen molar-refractivity contribution in [2.45, 2.75) is 0 Å². The third-order valence-electron chi connectivity index (χ3n) is 6.86. The van der Waals surface area contributed by atoms with Crippen LogP contribution in [-0.4, -0.2) is 44.8 Å². The topological polar surface area (TPSA) is 176 Å². The summed E-state index contributed by atoms with van der Waals surface area (Å²) in [7, 11) is 0. The second-order valence-corrected chi connectivity index (χ2v) is 9.60. The van der Waals surface area contributed by atoms with E-state index in [2.05, 4.69) is 31.3 Å². The van der Waals surface area contributed by atoms with Gasteiger partial charge in [-0.2, -0.15) is 0 Å². The first-order chi connectivity index (χ1) is 19.7. The fourth-order valence-corrected chi connectivity index (χ4v) is 5.16. The monoisotopic (exact) mass is 592 g/mol. The number of nitrogens with zero attached hydrogens (tertiary/aromatic N) is 6. The zero-order valence-electron chi connectivity index (χ0n) is 21.8. The normalized spacial score (nSPS) is 11.5. The summed E-state index contributed by atoms with van der Waals surface area (Å²) in [4.78, 5) is 37.8. The maximum atomic E-state index is 4.99. The van der Waals surface area contributed by atoms with E-state index in [0.717, 1.165) is 38.6 Å². The molecule has 0 saturated carbocycles. The fraction of sp³-hybridized carbons (Fsp3) is 0. The number of rotatable bonds is 2. The van der Waals surface area contributed by atoms with Gasteiger partial charge in [0.15, 0.2) is 0 Å². The van der Waals surface area contributed by atoms with E-state index in [9.17, 15) is 0 Å². The molecule has 207 valence electrons. The molecule has 3 aromatic carbocycles. The number of H-pyrrole nitrogens is 2. The van der Waals surface area contributed by atoms with Crippen LogP contribution in [0.3, 0.4) is 0 Å². The number of fused-ring (bicyclic) bond motifs is 17. The summed E-state index contributed by atoms with van der Waals surface area (Å²) >= 11 is 4.25. The first kappa shape index (κ1) is 27.0. The molecule has 0 fully saturated rings. The summed E-state index contributed by atoms with van der Waals surface area (Å²) in [5, 5.41) is 1.88. The number of nitrogens with two attached hydrogens (primary N) is 2. The molecule has 3 aromatic heterocycles. The first-order valence-corrected chi connectivity index (χ1v) is 13.2. The zero-order valence-corrected chi connectivity index (χ0v) is 22.9. The Balaban J connectivity index is 0.00000158. The predicted octanol–water partition coefficient (Wildman–Crippen LogP) is 7.31. The zero-order chi connectivity index (χ0) is 26.6. The molecule has 8 bridgehead atoms. The van der Waals surface area contributed by atoms with Crippen LogP contribution in [0.4, 0.5) is 0 Å². The van der Waals surface area contributed by atoms with Gasteiger partial charge in [-0.25, -0.2) is 0 Å². The molecule has 6 N–H and O–H groups in total. The van der Waals surface area contributed by atoms with E-state index in [1.54, 1.807) is 4.96 Å². The van der Waals surface area contributed by atoms with E-state index >= 15 is 0 Å². The molecule has 42 heavy (non-hydrogen) atoms. The van der Waals surface area contributed by atoms with Crippen LogP contribution in [0.5, 0.6) is 0 Å². The third kappa shape index (κ3) is 4.33. The number of aromatic amines is 2. The molecule has 10 nitrogen and oxygen atoms in total. The molecule has 0 radical (unpaired) electrons. The van der Waals surface area contributed by atoms with Crippen molar-refractivity contribution in [2.24, 2.45) is 0 Å². The van der Waals surface area contributed by atoms with E-state index in [4.69, 9.17) is 29.9 Å². The van der Waals surface area contributed by atoms with Gasteiger partial charge in [0.05, 0.1) is 0 Å². The minimum absolute atomic E-state index is 0. The van der Waals surface area contributed by atoms with Crippen molar-refractivity contribution < 1.29 is 15.3 Å². The van der Waals surface area contributed by atoms with E-state index in [1.165, 1.54) is 0 Å². The Labute approximate surface area is 247 Å². The van der Waals surface area contributed by atoms with Gasteiger partial charge in [-0.1, -0.05) is 24.3 Å². The molecular weight excluding hydrogens is 571 g/mol. The standard InChI is InChI=1S/C31H17N8.Co.2H2N/c1-2-9-17-16-24-32-25(17)34-27-20-12-5-6-13-21(20)29(36-27)38-31-23-15-8-7-14-22(23)30(39-31)37-28-19-11-4-3-10-18(19)26(33-24)35-28;;;/h1-15H,(H2,32,33,34,35,36,37,38,39);;2*1H2/q-1;;2*-1/b9-2-;;;. The molecule has 2 aliphatic rings. The van der Waals surface area contributed by atoms with Crippen molar-refractivity contribution >= 4 is 44.4 Å². The Morgan fingerprint density at radius 3 is 1.50 bits per heavy atom. The summed E-state index contributed by atoms with van der Waals surface area (Å²) in [6.45, 7) is 0. The summed E-state index contributed by atoms with van der Waals surface area (Å²) in [6.07, 6.45) is 3.68. The summed E-state index contributed by atoms with van der Waals surface area (Å²) in [5.41, 5.74) is 6.70. The molecule has 6 aromatic rings. The number of allylic oxidation sites excluding steroid dienone is 1. The molecule has 0 atom stereocenters. The van der Waals surface area contributed by atoms with Gasteiger partial charge in [-0.3, -0.25) is 0 Å². The van der Waals surface area contributed by atoms with Gasteiger partial charge in [0.1, 0.15) is 0 Å². The van der Waals surface area contributed by atoms with Crippen LogP contribution in [-0.2, 0) is 15.3 Å². The van der Waals surface area contributed by atoms with Crippen molar-refractivity contribution in [1.82, 2.24) is 39.9 Å². The molecule has 11 heteroatoms. The van der Waals surface area contributed by atoms with E-state index < -0.39 is 0 Å². The van der Waals surface area contributed by atoms with Crippen LogP contribution in [0, 0.1) is 6.07 Å². The van der Waals surface area contributed by atoms with Gasteiger partial charge in [-0.05, 0) is 0 Å². The predicted molar refractivity (Wildman–Crippen MR) is 163 cm³/mol. The van der Waals surface area contributed by atoms with Gasteiger partial charge < -0.3 is 12.3 Å². The SMILES string of the molecule is [Co]=[CH]/C=C\c1[c-]c2nc3nc(nc4[nH]c(nc5nc(nc1[nH]2)-c1ccccc1-5)c1ccccc41)-c1ccccc1-3.[NH2-].[NH2-]. The number of hydrogen-bond acceptors (Lipinski definition) is 6. The van der Waals surface area contributed by atoms with Crippen molar-refractivity contribution in [1.29, 1.82) is 0 Å². The molecule has 0 unspecified atom stereocenters. The Hall–Kier alpha value is -5.20. The van der Waals surface area contributed by atoms with Crippen LogP contribution in [0.25, 0.3) is 97.3 Å². The van der Waals surface area contributed by atoms with Gasteiger partial charge in [-0.15, -0.1) is 0 Å². The average molecular weight is 593 g/mol. The Morgan fingerprint density at radius 1 is 0.548 bits per heavy atom. The second kappa shape index (κ2) is 10.6. The molecule has 2 aliphatic heterocycles. The Bertz CT molecular complexity index is 2210. The summed E-state index contributed by atoms with van der Waals surface area (Å²) in [5.74, 6) is 2.23. The van der Waals surface area contributed by atoms with E-state index in [1.807, 2.05) is 84.9 Å². The number of nitrogens with one attached hydrogen (secondary N) is 2. The van der Waals surface area contributed by atoms with Crippen molar-refractivity contribution in [3.05, 3.63) is 103 Å². The van der Waals surface area contributed by atoms with Gasteiger partial charge in [0, 0.05) is 5.39 Å². The van der Waals surface area contributed by atoms with Crippen LogP contribution < -0.4 is 0 Å². The maximum Gasteiger partial charge on any atom is -0.693 e. The molecular formula is C31H21CoN10-3. The maximum absolute atomic E-state index is 4.99. The van der Waals surface area contributed by atoms with Gasteiger partial charge in [0.2, 0.25) is 0 Å². The van der Waals surface area contributed by atoms with Crippen LogP contribution in [0.15, 0.2) is 78.9 Å². The average Bonchev–Trinajstić information content (AvgIpc) is 3.72. The van der Waals surface area contributed by atoms with E-state index in [0.29, 0.717) is 45.9 Å². The fourth-order valence-electron chi connectivity index (χ4n) is 5.06. The quantitative estimate of drug-likeness (QED) is 0.199. The minimum Gasteiger partial charge on any atom is -0.693 e. The molecule has 0 spiro atoms. The Morgan fingerprint density at radius 2 is 1.00 bits per heavy atom. The largest absolute Gasteiger partial charge is 0.693 e. The molecule has 0 aliphatic carbocycles. The second-order valence-electron chi connectivity index (χ2n) is 9.26. The molecule has 8 rings (SSSR count). The van der Waals surface area contributed by atoms with E-state index in [-0.39, 0.29) is 12.3 Å². The third-order valence-corrected chi connectivity index (χ3v) is 7.06. The Kier molecular flexibility index (Phi) is 6.84. The summed E-state index contributed by atoms with van der Waals surface area (Å²) in [6, 6.07) is 27.2. The van der Waals surface area contributed by atoms with Gasteiger partial charge in [0.25, 0.3) is 0 Å². The van der Waals surface area contributed by atoms with Crippen LogP contribution in [0.2, 0.25) is 0 Å². The van der Waals surface area contributed by atoms with Crippen LogP contribution >= 0.6 is 0 Å². The van der Waals surface area contributed by atoms with Crippen molar-refractivity contribution in [3.8, 4) is 45.6 Å². The minimum atomic E-state index is 0. The van der Waals surface area contributed by atoms with Gasteiger partial charge >= 0.3 is 206 Å². The molecule has 5 heterocycles. The number of benzene rings is 3. The van der Waals surface area contributed by atoms with Crippen molar-refractivity contribution in [3.63, 3.8) is 0 Å².